The summed E-state index contributed by atoms with van der Waals surface area (Å²) in [5.74, 6) is 2.37. The molecule has 0 fully saturated rings. The highest BCUT2D eigenvalue weighted by Gasteiger charge is 2.11. The second-order valence-corrected chi connectivity index (χ2v) is 5.99. The number of nitro benzene ring substituents is 1. The van der Waals surface area contributed by atoms with E-state index in [4.69, 9.17) is 0 Å². The highest BCUT2D eigenvalue weighted by molar-refractivity contribution is 5.94. The van der Waals surface area contributed by atoms with Crippen LogP contribution in [0.1, 0.15) is 22.0 Å². The van der Waals surface area contributed by atoms with Crippen molar-refractivity contribution < 1.29 is 9.72 Å². The number of benzene rings is 1. The molecule has 10 heteroatoms. The summed E-state index contributed by atoms with van der Waals surface area (Å²) in [7, 11) is 0. The maximum Gasteiger partial charge on any atom is 0.270 e. The molecule has 2 N–H and O–H groups in total. The van der Waals surface area contributed by atoms with Gasteiger partial charge in [-0.25, -0.2) is 15.0 Å². The number of hydrogen-bond acceptors (Lipinski definition) is 7. The molecule has 1 amide bonds. The van der Waals surface area contributed by atoms with E-state index in [9.17, 15) is 14.9 Å². The Kier molecular flexibility index (Phi) is 5.58. The molecule has 1 aromatic carbocycles. The Morgan fingerprint density at radius 1 is 1.21 bits per heavy atom. The molecule has 2 heterocycles. The van der Waals surface area contributed by atoms with Gasteiger partial charge in [-0.1, -0.05) is 6.07 Å². The predicted octanol–water partition coefficient (Wildman–Crippen LogP) is 2.03. The minimum Gasteiger partial charge on any atom is -0.368 e. The number of aryl methyl sites for hydroxylation is 2. The van der Waals surface area contributed by atoms with Gasteiger partial charge in [0.1, 0.15) is 23.3 Å². The van der Waals surface area contributed by atoms with Crippen molar-refractivity contribution in [3.63, 3.8) is 0 Å². The number of amides is 1. The summed E-state index contributed by atoms with van der Waals surface area (Å²) in [4.78, 5) is 35.3. The molecule has 28 heavy (non-hydrogen) atoms. The van der Waals surface area contributed by atoms with E-state index < -0.39 is 4.92 Å². The van der Waals surface area contributed by atoms with Crippen LogP contribution in [0.4, 0.5) is 11.5 Å². The van der Waals surface area contributed by atoms with Crippen LogP contribution in [0.25, 0.3) is 5.82 Å². The summed E-state index contributed by atoms with van der Waals surface area (Å²) in [6, 6.07) is 7.40. The predicted molar refractivity (Wildman–Crippen MR) is 103 cm³/mol. The van der Waals surface area contributed by atoms with Crippen LogP contribution in [0.2, 0.25) is 0 Å². The molecule has 0 aliphatic rings. The van der Waals surface area contributed by atoms with Crippen molar-refractivity contribution >= 4 is 17.4 Å². The van der Waals surface area contributed by atoms with Gasteiger partial charge in [0.05, 0.1) is 4.92 Å². The first-order valence-corrected chi connectivity index (χ1v) is 8.56. The zero-order valence-corrected chi connectivity index (χ0v) is 15.4. The van der Waals surface area contributed by atoms with Crippen LogP contribution in [0, 0.1) is 24.0 Å². The lowest BCUT2D eigenvalue weighted by Gasteiger charge is -2.10. The Labute approximate surface area is 160 Å². The second-order valence-electron chi connectivity index (χ2n) is 5.99. The van der Waals surface area contributed by atoms with Crippen LogP contribution in [0.3, 0.4) is 0 Å². The largest absolute Gasteiger partial charge is 0.368 e. The van der Waals surface area contributed by atoms with Gasteiger partial charge in [-0.3, -0.25) is 19.5 Å². The fourth-order valence-corrected chi connectivity index (χ4v) is 2.62. The van der Waals surface area contributed by atoms with Crippen LogP contribution >= 0.6 is 0 Å². The molecular formula is C18H19N7O3. The summed E-state index contributed by atoms with van der Waals surface area (Å²) in [6.07, 6.45) is 3.52. The molecule has 0 aliphatic heterocycles. The van der Waals surface area contributed by atoms with E-state index in [1.54, 1.807) is 19.2 Å². The van der Waals surface area contributed by atoms with Gasteiger partial charge >= 0.3 is 0 Å². The van der Waals surface area contributed by atoms with Gasteiger partial charge in [-0.15, -0.1) is 0 Å². The number of carbonyl (C=O) groups is 1. The first-order valence-electron chi connectivity index (χ1n) is 8.56. The zero-order valence-electron chi connectivity index (χ0n) is 15.4. The van der Waals surface area contributed by atoms with Gasteiger partial charge < -0.3 is 10.6 Å². The average Bonchev–Trinajstić information content (AvgIpc) is 3.10. The fourth-order valence-electron chi connectivity index (χ4n) is 2.62. The highest BCUT2D eigenvalue weighted by atomic mass is 16.6. The molecule has 0 unspecified atom stereocenters. The number of anilines is 1. The number of nitrogens with zero attached hydrogens (tertiary/aromatic N) is 5. The number of rotatable bonds is 7. The Morgan fingerprint density at radius 3 is 2.75 bits per heavy atom. The third-order valence-corrected chi connectivity index (χ3v) is 3.93. The summed E-state index contributed by atoms with van der Waals surface area (Å²) in [5, 5.41) is 16.7. The van der Waals surface area contributed by atoms with Crippen LogP contribution in [-0.4, -0.2) is 43.4 Å². The van der Waals surface area contributed by atoms with E-state index in [0.29, 0.717) is 30.5 Å². The van der Waals surface area contributed by atoms with Gasteiger partial charge in [-0.2, -0.15) is 0 Å². The third kappa shape index (κ3) is 4.47. The normalized spacial score (nSPS) is 10.5. The zero-order chi connectivity index (χ0) is 20.1. The number of hydrogen-bond donors (Lipinski definition) is 2. The Morgan fingerprint density at radius 2 is 2.04 bits per heavy atom. The van der Waals surface area contributed by atoms with Crippen LogP contribution < -0.4 is 10.6 Å². The average molecular weight is 381 g/mol. The molecule has 10 nitrogen and oxygen atoms in total. The lowest BCUT2D eigenvalue weighted by Crippen LogP contribution is -2.29. The summed E-state index contributed by atoms with van der Waals surface area (Å²) < 4.78 is 1.85. The van der Waals surface area contributed by atoms with E-state index >= 15 is 0 Å². The van der Waals surface area contributed by atoms with Crippen molar-refractivity contribution in [1.29, 1.82) is 0 Å². The standard InChI is InChI=1S/C18H19N7O3/c1-12-22-16(11-17(23-12)24-9-8-19-13(24)2)20-6-7-21-18(26)14-4-3-5-15(10-14)25(27)28/h3-5,8-11H,6-7H2,1-2H3,(H,21,26)(H,20,22,23). The molecule has 0 radical (unpaired) electrons. The molecule has 144 valence electrons. The quantitative estimate of drug-likeness (QED) is 0.364. The van der Waals surface area contributed by atoms with Crippen LogP contribution in [-0.2, 0) is 0 Å². The summed E-state index contributed by atoms with van der Waals surface area (Å²) >= 11 is 0. The summed E-state index contributed by atoms with van der Waals surface area (Å²) in [6.45, 7) is 4.43. The minimum absolute atomic E-state index is 0.121. The molecule has 0 saturated heterocycles. The van der Waals surface area contributed by atoms with E-state index in [0.717, 1.165) is 5.82 Å². The lowest BCUT2D eigenvalue weighted by molar-refractivity contribution is -0.384. The lowest BCUT2D eigenvalue weighted by atomic mass is 10.2. The SMILES string of the molecule is Cc1nc(NCCNC(=O)c2cccc([N+](=O)[O-])c2)cc(-n2ccnc2C)n1. The number of nitrogens with one attached hydrogen (secondary N) is 2. The monoisotopic (exact) mass is 381 g/mol. The maximum absolute atomic E-state index is 12.1. The smallest absolute Gasteiger partial charge is 0.270 e. The third-order valence-electron chi connectivity index (χ3n) is 3.93. The van der Waals surface area contributed by atoms with Gasteiger partial charge in [-0.05, 0) is 19.9 Å². The summed E-state index contributed by atoms with van der Waals surface area (Å²) in [5.41, 5.74) is 0.120. The topological polar surface area (TPSA) is 128 Å². The second kappa shape index (κ2) is 8.25. The number of nitro groups is 1. The Bertz CT molecular complexity index is 1020. The first kappa shape index (κ1) is 19.0. The number of non-ortho nitro benzene ring substituents is 1. The van der Waals surface area contributed by atoms with Gasteiger partial charge in [0, 0.05) is 49.2 Å². The highest BCUT2D eigenvalue weighted by Crippen LogP contribution is 2.14. The van der Waals surface area contributed by atoms with E-state index in [2.05, 4.69) is 25.6 Å². The van der Waals surface area contributed by atoms with E-state index in [1.165, 1.54) is 24.3 Å². The minimum atomic E-state index is -0.532. The van der Waals surface area contributed by atoms with Crippen LogP contribution in [0.15, 0.2) is 42.7 Å². The molecule has 0 bridgehead atoms. The molecular weight excluding hydrogens is 362 g/mol. The molecule has 3 aromatic rings. The molecule has 0 aliphatic carbocycles. The molecule has 0 atom stereocenters. The van der Waals surface area contributed by atoms with E-state index in [1.807, 2.05) is 17.7 Å². The van der Waals surface area contributed by atoms with Gasteiger partial charge in [0.2, 0.25) is 0 Å². The van der Waals surface area contributed by atoms with Gasteiger partial charge in [0.25, 0.3) is 11.6 Å². The molecule has 3 rings (SSSR count). The molecule has 0 saturated carbocycles. The van der Waals surface area contributed by atoms with E-state index in [-0.39, 0.29) is 17.2 Å². The van der Waals surface area contributed by atoms with Crippen molar-refractivity contribution in [3.8, 4) is 5.82 Å². The van der Waals surface area contributed by atoms with Crippen LogP contribution in [0.5, 0.6) is 0 Å². The van der Waals surface area contributed by atoms with Crippen molar-refractivity contribution in [2.75, 3.05) is 18.4 Å². The number of aromatic nitrogens is 4. The maximum atomic E-state index is 12.1. The Balaban J connectivity index is 1.58. The molecule has 2 aromatic heterocycles. The number of imidazole rings is 1. The van der Waals surface area contributed by atoms with Crippen molar-refractivity contribution in [2.24, 2.45) is 0 Å². The van der Waals surface area contributed by atoms with Crippen molar-refractivity contribution in [2.45, 2.75) is 13.8 Å². The Hall–Kier alpha value is -3.82. The number of carbonyl (C=O) groups excluding carboxylic acids is 1. The molecule has 0 spiro atoms. The van der Waals surface area contributed by atoms with Crippen molar-refractivity contribution in [1.82, 2.24) is 24.8 Å². The first-order chi connectivity index (χ1) is 13.4. The fraction of sp³-hybridized carbons (Fsp3) is 0.222. The van der Waals surface area contributed by atoms with Crippen molar-refractivity contribution in [3.05, 3.63) is 70.1 Å². The van der Waals surface area contributed by atoms with Gasteiger partial charge in [0.15, 0.2) is 0 Å².